The maximum Gasteiger partial charge on any atom is 0.0978 e. The van der Waals surface area contributed by atoms with Gasteiger partial charge in [0.25, 0.3) is 0 Å². The van der Waals surface area contributed by atoms with Crippen LogP contribution < -0.4 is 0 Å². The number of pyridine rings is 1. The van der Waals surface area contributed by atoms with E-state index in [1.165, 1.54) is 0 Å². The molecular formula is C15H21BrN4. The highest BCUT2D eigenvalue weighted by atomic mass is 79.9. The molecule has 4 nitrogen and oxygen atoms in total. The molecule has 0 saturated carbocycles. The average molecular weight is 337 g/mol. The molecule has 1 aliphatic rings. The fourth-order valence-corrected chi connectivity index (χ4v) is 2.80. The van der Waals surface area contributed by atoms with Crippen LogP contribution in [0, 0.1) is 11.3 Å². The van der Waals surface area contributed by atoms with Crippen molar-refractivity contribution in [1.29, 1.82) is 5.26 Å². The highest BCUT2D eigenvalue weighted by Crippen LogP contribution is 2.13. The molecule has 20 heavy (non-hydrogen) atoms. The Kier molecular flexibility index (Phi) is 5.96. The molecule has 2 heterocycles. The number of rotatable bonds is 5. The van der Waals surface area contributed by atoms with Crippen molar-refractivity contribution in [2.75, 3.05) is 26.2 Å². The van der Waals surface area contributed by atoms with Crippen LogP contribution in [0.1, 0.15) is 25.5 Å². The lowest BCUT2D eigenvalue weighted by atomic mass is 10.1. The summed E-state index contributed by atoms with van der Waals surface area (Å²) in [4.78, 5) is 9.14. The standard InChI is InChI=1S/C15H21BrN4/c1-2-3-15(10-17)20-8-6-19(7-9-20)12-14-5-4-13(16)11-18-14/h4-5,11,15H,2-3,6-9,12H2,1H3. The van der Waals surface area contributed by atoms with Crippen LogP contribution in [-0.2, 0) is 6.54 Å². The van der Waals surface area contributed by atoms with Gasteiger partial charge in [-0.1, -0.05) is 13.3 Å². The Morgan fingerprint density at radius 1 is 1.35 bits per heavy atom. The van der Waals surface area contributed by atoms with Crippen molar-refractivity contribution in [2.45, 2.75) is 32.4 Å². The molecule has 1 atom stereocenters. The van der Waals surface area contributed by atoms with Crippen LogP contribution >= 0.6 is 15.9 Å². The lowest BCUT2D eigenvalue weighted by Gasteiger charge is -2.36. The molecule has 1 aromatic rings. The molecule has 1 aromatic heterocycles. The molecule has 0 N–H and O–H groups in total. The van der Waals surface area contributed by atoms with E-state index >= 15 is 0 Å². The molecule has 0 radical (unpaired) electrons. The second-order valence-electron chi connectivity index (χ2n) is 5.21. The molecule has 2 rings (SSSR count). The second kappa shape index (κ2) is 7.72. The number of nitriles is 1. The first-order valence-corrected chi connectivity index (χ1v) is 7.98. The van der Waals surface area contributed by atoms with Crippen LogP contribution in [0.4, 0.5) is 0 Å². The number of nitrogens with zero attached hydrogens (tertiary/aromatic N) is 4. The summed E-state index contributed by atoms with van der Waals surface area (Å²) in [5.74, 6) is 0. The predicted molar refractivity (Wildman–Crippen MR) is 83.1 cm³/mol. The average Bonchev–Trinajstić information content (AvgIpc) is 2.48. The van der Waals surface area contributed by atoms with E-state index in [9.17, 15) is 5.26 Å². The lowest BCUT2D eigenvalue weighted by molar-refractivity contribution is 0.105. The van der Waals surface area contributed by atoms with Gasteiger partial charge in [-0.25, -0.2) is 0 Å². The van der Waals surface area contributed by atoms with Crippen molar-refractivity contribution < 1.29 is 0 Å². The summed E-state index contributed by atoms with van der Waals surface area (Å²) in [6.07, 6.45) is 3.89. The van der Waals surface area contributed by atoms with E-state index in [-0.39, 0.29) is 6.04 Å². The first-order valence-electron chi connectivity index (χ1n) is 7.19. The molecule has 0 bridgehead atoms. The van der Waals surface area contributed by atoms with Gasteiger partial charge in [0.2, 0.25) is 0 Å². The first kappa shape index (κ1) is 15.4. The summed E-state index contributed by atoms with van der Waals surface area (Å²) in [7, 11) is 0. The molecule has 0 amide bonds. The molecule has 0 aliphatic carbocycles. The highest BCUT2D eigenvalue weighted by Gasteiger charge is 2.23. The van der Waals surface area contributed by atoms with E-state index in [1.54, 1.807) is 0 Å². The summed E-state index contributed by atoms with van der Waals surface area (Å²) in [6.45, 7) is 7.02. The van der Waals surface area contributed by atoms with E-state index in [2.05, 4.69) is 49.8 Å². The highest BCUT2D eigenvalue weighted by molar-refractivity contribution is 9.10. The zero-order chi connectivity index (χ0) is 14.4. The number of hydrogen-bond donors (Lipinski definition) is 0. The van der Waals surface area contributed by atoms with E-state index in [0.717, 1.165) is 55.7 Å². The first-order chi connectivity index (χ1) is 9.72. The Balaban J connectivity index is 1.82. The zero-order valence-electron chi connectivity index (χ0n) is 11.9. The van der Waals surface area contributed by atoms with Crippen LogP contribution in [0.5, 0.6) is 0 Å². The third-order valence-electron chi connectivity index (χ3n) is 3.73. The van der Waals surface area contributed by atoms with Crippen molar-refractivity contribution in [1.82, 2.24) is 14.8 Å². The van der Waals surface area contributed by atoms with Gasteiger partial charge in [0.05, 0.1) is 17.8 Å². The van der Waals surface area contributed by atoms with Crippen LogP contribution in [0.3, 0.4) is 0 Å². The Bertz CT molecular complexity index is 446. The van der Waals surface area contributed by atoms with Gasteiger partial charge in [0, 0.05) is 43.4 Å². The van der Waals surface area contributed by atoms with Crippen molar-refractivity contribution in [2.24, 2.45) is 0 Å². The summed E-state index contributed by atoms with van der Waals surface area (Å²) >= 11 is 3.40. The number of hydrogen-bond acceptors (Lipinski definition) is 4. The molecule has 5 heteroatoms. The smallest absolute Gasteiger partial charge is 0.0978 e. The number of aromatic nitrogens is 1. The molecule has 1 saturated heterocycles. The van der Waals surface area contributed by atoms with Gasteiger partial charge in [0.15, 0.2) is 0 Å². The maximum atomic E-state index is 9.22. The molecule has 1 unspecified atom stereocenters. The third kappa shape index (κ3) is 4.27. The Morgan fingerprint density at radius 2 is 2.10 bits per heavy atom. The normalized spacial score (nSPS) is 18.6. The lowest BCUT2D eigenvalue weighted by Crippen LogP contribution is -2.49. The summed E-state index contributed by atoms with van der Waals surface area (Å²) in [5.41, 5.74) is 1.10. The van der Waals surface area contributed by atoms with Gasteiger partial charge >= 0.3 is 0 Å². The van der Waals surface area contributed by atoms with Crippen LogP contribution in [-0.4, -0.2) is 47.0 Å². The minimum absolute atomic E-state index is 0.0907. The topological polar surface area (TPSA) is 43.2 Å². The van der Waals surface area contributed by atoms with Gasteiger partial charge in [-0.3, -0.25) is 14.8 Å². The van der Waals surface area contributed by atoms with Gasteiger partial charge < -0.3 is 0 Å². The SMILES string of the molecule is CCCC(C#N)N1CCN(Cc2ccc(Br)cn2)CC1. The van der Waals surface area contributed by atoms with Crippen molar-refractivity contribution in [3.05, 3.63) is 28.5 Å². The van der Waals surface area contributed by atoms with Gasteiger partial charge in [-0.15, -0.1) is 0 Å². The van der Waals surface area contributed by atoms with Crippen LogP contribution in [0.25, 0.3) is 0 Å². The van der Waals surface area contributed by atoms with E-state index in [1.807, 2.05) is 12.3 Å². The molecule has 0 aromatic carbocycles. The van der Waals surface area contributed by atoms with Crippen molar-refractivity contribution >= 4 is 15.9 Å². The second-order valence-corrected chi connectivity index (χ2v) is 6.13. The number of halogens is 1. The fraction of sp³-hybridized carbons (Fsp3) is 0.600. The van der Waals surface area contributed by atoms with Gasteiger partial charge in [0.1, 0.15) is 0 Å². The zero-order valence-corrected chi connectivity index (χ0v) is 13.5. The monoisotopic (exact) mass is 336 g/mol. The Labute approximate surface area is 129 Å². The van der Waals surface area contributed by atoms with Crippen LogP contribution in [0.2, 0.25) is 0 Å². The van der Waals surface area contributed by atoms with Gasteiger partial charge in [-0.2, -0.15) is 5.26 Å². The van der Waals surface area contributed by atoms with Gasteiger partial charge in [-0.05, 0) is 34.5 Å². The molecule has 108 valence electrons. The quantitative estimate of drug-likeness (QED) is 0.829. The largest absolute Gasteiger partial charge is 0.295 e. The number of piperazine rings is 1. The Morgan fingerprint density at radius 3 is 2.65 bits per heavy atom. The Hall–Kier alpha value is -0.960. The van der Waals surface area contributed by atoms with Crippen molar-refractivity contribution in [3.8, 4) is 6.07 Å². The summed E-state index contributed by atoms with van der Waals surface area (Å²) in [6, 6.07) is 6.62. The van der Waals surface area contributed by atoms with E-state index in [4.69, 9.17) is 0 Å². The minimum Gasteiger partial charge on any atom is -0.295 e. The maximum absolute atomic E-state index is 9.22. The molecule has 1 aliphatic heterocycles. The minimum atomic E-state index is 0.0907. The van der Waals surface area contributed by atoms with E-state index < -0.39 is 0 Å². The van der Waals surface area contributed by atoms with E-state index in [0.29, 0.717) is 0 Å². The molecule has 0 spiro atoms. The van der Waals surface area contributed by atoms with Crippen molar-refractivity contribution in [3.63, 3.8) is 0 Å². The molecule has 1 fully saturated rings. The third-order valence-corrected chi connectivity index (χ3v) is 4.20. The summed E-state index contributed by atoms with van der Waals surface area (Å²) in [5, 5.41) is 9.22. The molecular weight excluding hydrogens is 316 g/mol. The van der Waals surface area contributed by atoms with Crippen LogP contribution in [0.15, 0.2) is 22.8 Å². The predicted octanol–water partition coefficient (Wildman–Crippen LogP) is 2.65. The summed E-state index contributed by atoms with van der Waals surface area (Å²) < 4.78 is 1.02. The fourth-order valence-electron chi connectivity index (χ4n) is 2.56.